The number of nitrogens with one attached hydrogen (secondary N) is 1. The van der Waals surface area contributed by atoms with Crippen molar-refractivity contribution in [3.63, 3.8) is 0 Å². The van der Waals surface area contributed by atoms with E-state index in [1.54, 1.807) is 14.2 Å². The molecule has 0 aromatic rings. The molecule has 5 nitrogen and oxygen atoms in total. The Labute approximate surface area is 122 Å². The van der Waals surface area contributed by atoms with Crippen LogP contribution in [-0.4, -0.2) is 63.4 Å². The van der Waals surface area contributed by atoms with Crippen LogP contribution in [0.1, 0.15) is 26.7 Å². The molecule has 5 heteroatoms. The van der Waals surface area contributed by atoms with Crippen molar-refractivity contribution >= 4 is 5.91 Å². The first-order valence-electron chi connectivity index (χ1n) is 7.56. The quantitative estimate of drug-likeness (QED) is 0.833. The van der Waals surface area contributed by atoms with Crippen LogP contribution in [0.5, 0.6) is 0 Å². The van der Waals surface area contributed by atoms with E-state index >= 15 is 0 Å². The van der Waals surface area contributed by atoms with Gasteiger partial charge in [-0.25, -0.2) is 0 Å². The van der Waals surface area contributed by atoms with E-state index in [1.807, 2.05) is 4.90 Å². The van der Waals surface area contributed by atoms with Crippen LogP contribution in [0.4, 0.5) is 0 Å². The van der Waals surface area contributed by atoms with E-state index in [9.17, 15) is 4.79 Å². The second kappa shape index (κ2) is 6.41. The zero-order chi connectivity index (χ0) is 14.8. The van der Waals surface area contributed by atoms with Gasteiger partial charge in [0.05, 0.1) is 0 Å². The summed E-state index contributed by atoms with van der Waals surface area (Å²) < 4.78 is 10.8. The summed E-state index contributed by atoms with van der Waals surface area (Å²) in [7, 11) is 3.36. The van der Waals surface area contributed by atoms with Gasteiger partial charge in [-0.3, -0.25) is 4.79 Å². The maximum atomic E-state index is 12.9. The molecule has 20 heavy (non-hydrogen) atoms. The molecule has 2 heterocycles. The van der Waals surface area contributed by atoms with Crippen molar-refractivity contribution in [3.8, 4) is 0 Å². The second-order valence-corrected chi connectivity index (χ2v) is 6.52. The minimum Gasteiger partial charge on any atom is -0.377 e. The average Bonchev–Trinajstić information content (AvgIpc) is 2.90. The summed E-state index contributed by atoms with van der Waals surface area (Å²) in [6.07, 6.45) is 2.26. The highest BCUT2D eigenvalue weighted by atomic mass is 16.5. The van der Waals surface area contributed by atoms with Gasteiger partial charge in [-0.15, -0.1) is 0 Å². The van der Waals surface area contributed by atoms with Crippen molar-refractivity contribution in [2.75, 3.05) is 40.4 Å². The molecule has 1 N–H and O–H groups in total. The number of hydrogen-bond donors (Lipinski definition) is 1. The van der Waals surface area contributed by atoms with Crippen LogP contribution in [0.15, 0.2) is 0 Å². The second-order valence-electron chi connectivity index (χ2n) is 6.52. The Morgan fingerprint density at radius 2 is 1.80 bits per heavy atom. The molecule has 116 valence electrons. The van der Waals surface area contributed by atoms with Gasteiger partial charge in [0.15, 0.2) is 0 Å². The van der Waals surface area contributed by atoms with Crippen LogP contribution in [0.25, 0.3) is 0 Å². The van der Waals surface area contributed by atoms with Gasteiger partial charge in [0.2, 0.25) is 5.91 Å². The van der Waals surface area contributed by atoms with Gasteiger partial charge >= 0.3 is 0 Å². The molecule has 1 amide bonds. The minimum absolute atomic E-state index is 0.00997. The Bertz CT molecular complexity index is 328. The lowest BCUT2D eigenvalue weighted by atomic mass is 9.74. The van der Waals surface area contributed by atoms with Crippen LogP contribution in [0.2, 0.25) is 0 Å². The van der Waals surface area contributed by atoms with Crippen LogP contribution >= 0.6 is 0 Å². The standard InChI is InChI=1S/C15H28N2O3/c1-15(2,11-6-5-7-16-8-11)14(18)17-9-12(19-3)13(10-17)20-4/h11-13,16H,5-10H2,1-4H3. The summed E-state index contributed by atoms with van der Waals surface area (Å²) in [5, 5.41) is 3.41. The Morgan fingerprint density at radius 1 is 1.20 bits per heavy atom. The maximum Gasteiger partial charge on any atom is 0.228 e. The molecule has 0 saturated carbocycles. The van der Waals surface area contributed by atoms with Crippen LogP contribution < -0.4 is 5.32 Å². The molecule has 0 aromatic carbocycles. The van der Waals surface area contributed by atoms with Crippen molar-refractivity contribution in [2.24, 2.45) is 11.3 Å². The van der Waals surface area contributed by atoms with Crippen LogP contribution in [0, 0.1) is 11.3 Å². The Morgan fingerprint density at radius 3 is 2.25 bits per heavy atom. The van der Waals surface area contributed by atoms with Gasteiger partial charge < -0.3 is 19.7 Å². The monoisotopic (exact) mass is 284 g/mol. The molecule has 2 rings (SSSR count). The van der Waals surface area contributed by atoms with Crippen LogP contribution in [0.3, 0.4) is 0 Å². The molecule has 2 aliphatic heterocycles. The zero-order valence-corrected chi connectivity index (χ0v) is 13.1. The van der Waals surface area contributed by atoms with Gasteiger partial charge in [0.25, 0.3) is 0 Å². The molecule has 3 unspecified atom stereocenters. The number of piperidine rings is 1. The molecule has 0 bridgehead atoms. The molecule has 2 saturated heterocycles. The number of likely N-dealkylation sites (tertiary alicyclic amines) is 1. The lowest BCUT2D eigenvalue weighted by Gasteiger charge is -2.38. The van der Waals surface area contributed by atoms with Gasteiger partial charge in [0, 0.05) is 32.7 Å². The fourth-order valence-electron chi connectivity index (χ4n) is 3.41. The van der Waals surface area contributed by atoms with Gasteiger partial charge in [-0.05, 0) is 31.8 Å². The summed E-state index contributed by atoms with van der Waals surface area (Å²) in [6, 6.07) is 0. The highest BCUT2D eigenvalue weighted by Crippen LogP contribution is 2.35. The molecular formula is C15H28N2O3. The maximum absolute atomic E-state index is 12.9. The van der Waals surface area contributed by atoms with E-state index in [0.717, 1.165) is 25.9 Å². The first kappa shape index (κ1) is 15.7. The fraction of sp³-hybridized carbons (Fsp3) is 0.933. The average molecular weight is 284 g/mol. The normalized spacial score (nSPS) is 31.6. The summed E-state index contributed by atoms with van der Waals surface area (Å²) in [5.74, 6) is 0.638. The molecule has 2 fully saturated rings. The van der Waals surface area contributed by atoms with Gasteiger partial charge in [0.1, 0.15) is 12.2 Å². The zero-order valence-electron chi connectivity index (χ0n) is 13.1. The Hall–Kier alpha value is -0.650. The SMILES string of the molecule is COC1CN(C(=O)C(C)(C)C2CCCNC2)CC1OC. The molecular weight excluding hydrogens is 256 g/mol. The van der Waals surface area contributed by atoms with Crippen LogP contribution in [-0.2, 0) is 14.3 Å². The molecule has 0 aliphatic carbocycles. The van der Waals surface area contributed by atoms with E-state index in [1.165, 1.54) is 0 Å². The Kier molecular flexibility index (Phi) is 5.04. The number of carbonyl (C=O) groups is 1. The summed E-state index contributed by atoms with van der Waals surface area (Å²) >= 11 is 0. The van der Waals surface area contributed by atoms with E-state index in [-0.39, 0.29) is 23.5 Å². The number of ether oxygens (including phenoxy) is 2. The Balaban J connectivity index is 2.02. The fourth-order valence-corrected chi connectivity index (χ4v) is 3.41. The third-order valence-electron chi connectivity index (χ3n) is 4.98. The first-order valence-corrected chi connectivity index (χ1v) is 7.56. The highest BCUT2D eigenvalue weighted by molar-refractivity contribution is 5.82. The number of amides is 1. The molecule has 0 spiro atoms. The van der Waals surface area contributed by atoms with Crippen molar-refractivity contribution in [1.29, 1.82) is 0 Å². The third kappa shape index (κ3) is 3.00. The van der Waals surface area contributed by atoms with E-state index in [4.69, 9.17) is 9.47 Å². The van der Waals surface area contributed by atoms with Gasteiger partial charge in [-0.2, -0.15) is 0 Å². The largest absolute Gasteiger partial charge is 0.377 e. The van der Waals surface area contributed by atoms with E-state index < -0.39 is 0 Å². The predicted octanol–water partition coefficient (Wildman–Crippen LogP) is 0.884. The van der Waals surface area contributed by atoms with Crippen molar-refractivity contribution in [2.45, 2.75) is 38.9 Å². The van der Waals surface area contributed by atoms with E-state index in [0.29, 0.717) is 19.0 Å². The van der Waals surface area contributed by atoms with Crippen molar-refractivity contribution in [1.82, 2.24) is 10.2 Å². The molecule has 0 aromatic heterocycles. The number of methoxy groups -OCH3 is 2. The molecule has 0 radical (unpaired) electrons. The predicted molar refractivity (Wildman–Crippen MR) is 77.5 cm³/mol. The number of nitrogens with zero attached hydrogens (tertiary/aromatic N) is 1. The van der Waals surface area contributed by atoms with Gasteiger partial charge in [-0.1, -0.05) is 13.8 Å². The third-order valence-corrected chi connectivity index (χ3v) is 4.98. The first-order chi connectivity index (χ1) is 9.50. The smallest absolute Gasteiger partial charge is 0.228 e. The number of rotatable bonds is 4. The summed E-state index contributed by atoms with van der Waals surface area (Å²) in [6.45, 7) is 7.44. The van der Waals surface area contributed by atoms with E-state index in [2.05, 4.69) is 19.2 Å². The number of carbonyl (C=O) groups excluding carboxylic acids is 1. The minimum atomic E-state index is -0.325. The highest BCUT2D eigenvalue weighted by Gasteiger charge is 2.44. The summed E-state index contributed by atoms with van der Waals surface area (Å²) in [5.41, 5.74) is -0.325. The topological polar surface area (TPSA) is 50.8 Å². The van der Waals surface area contributed by atoms with Crippen molar-refractivity contribution < 1.29 is 14.3 Å². The number of hydrogen-bond acceptors (Lipinski definition) is 4. The molecule has 2 aliphatic rings. The summed E-state index contributed by atoms with van der Waals surface area (Å²) in [4.78, 5) is 14.8. The lowest BCUT2D eigenvalue weighted by molar-refractivity contribution is -0.143. The lowest BCUT2D eigenvalue weighted by Crippen LogP contribution is -2.48. The molecule has 3 atom stereocenters. The van der Waals surface area contributed by atoms with Crippen molar-refractivity contribution in [3.05, 3.63) is 0 Å².